The van der Waals surface area contributed by atoms with Crippen molar-refractivity contribution in [2.45, 2.75) is 83.5 Å². The summed E-state index contributed by atoms with van der Waals surface area (Å²) < 4.78 is 0.970. The fourth-order valence-corrected chi connectivity index (χ4v) is 3.71. The Balaban J connectivity index is 0.00000676. The number of aliphatic hydroxyl groups is 1. The van der Waals surface area contributed by atoms with Crippen LogP contribution in [-0.4, -0.2) is 66.6 Å². The van der Waals surface area contributed by atoms with E-state index in [-0.39, 0.29) is 28.8 Å². The number of nitrogens with zero attached hydrogens (tertiary/aromatic N) is 2. The number of amides is 2. The molecule has 1 aliphatic heterocycles. The van der Waals surface area contributed by atoms with E-state index in [2.05, 4.69) is 14.1 Å². The van der Waals surface area contributed by atoms with Crippen LogP contribution in [0.5, 0.6) is 0 Å². The second-order valence-corrected chi connectivity index (χ2v) is 8.43. The van der Waals surface area contributed by atoms with Gasteiger partial charge in [-0.05, 0) is 25.7 Å². The van der Waals surface area contributed by atoms with Crippen LogP contribution in [0.25, 0.3) is 0 Å². The molecule has 0 atom stereocenters. The van der Waals surface area contributed by atoms with E-state index in [0.717, 1.165) is 36.7 Å². The summed E-state index contributed by atoms with van der Waals surface area (Å²) in [6.45, 7) is 3.11. The van der Waals surface area contributed by atoms with Crippen LogP contribution in [0.4, 0.5) is 0 Å². The van der Waals surface area contributed by atoms with Gasteiger partial charge in [0.1, 0.15) is 0 Å². The van der Waals surface area contributed by atoms with Gasteiger partial charge >= 0.3 is 0 Å². The predicted octanol–water partition coefficient (Wildman–Crippen LogP) is 0.499. The number of unbranched alkanes of at least 4 members (excludes halogenated alkanes) is 8. The molecule has 1 saturated heterocycles. The quantitative estimate of drug-likeness (QED) is 0.225. The SMILES string of the molecule is C[N+](C)(CCCCCCCCCCCO)CCCN1C(=O)CCCC1=O.[Br-]. The summed E-state index contributed by atoms with van der Waals surface area (Å²) in [6, 6.07) is 0. The van der Waals surface area contributed by atoms with Crippen molar-refractivity contribution < 1.29 is 36.2 Å². The van der Waals surface area contributed by atoms with E-state index >= 15 is 0 Å². The molecule has 0 aliphatic carbocycles. The Morgan fingerprint density at radius 1 is 0.778 bits per heavy atom. The first-order valence-corrected chi connectivity index (χ1v) is 10.7. The zero-order valence-corrected chi connectivity index (χ0v) is 19.1. The van der Waals surface area contributed by atoms with E-state index in [0.29, 0.717) is 26.0 Å². The molecular weight excluding hydrogens is 408 g/mol. The minimum Gasteiger partial charge on any atom is -1.00 e. The lowest BCUT2D eigenvalue weighted by atomic mass is 10.1. The number of imide groups is 1. The molecule has 1 rings (SSSR count). The van der Waals surface area contributed by atoms with Crippen molar-refractivity contribution in [2.75, 3.05) is 40.3 Å². The molecule has 1 N–H and O–H groups in total. The number of likely N-dealkylation sites (tertiary alicyclic amines) is 1. The van der Waals surface area contributed by atoms with Crippen molar-refractivity contribution in [1.29, 1.82) is 0 Å². The fraction of sp³-hybridized carbons (Fsp3) is 0.905. The number of hydrogen-bond acceptors (Lipinski definition) is 3. The van der Waals surface area contributed by atoms with Gasteiger partial charge in [-0.3, -0.25) is 14.5 Å². The summed E-state index contributed by atoms with van der Waals surface area (Å²) in [4.78, 5) is 25.1. The Morgan fingerprint density at radius 3 is 1.74 bits per heavy atom. The molecule has 1 aliphatic rings. The molecule has 1 fully saturated rings. The second-order valence-electron chi connectivity index (χ2n) is 8.43. The first-order chi connectivity index (χ1) is 12.5. The van der Waals surface area contributed by atoms with E-state index in [4.69, 9.17) is 5.11 Å². The third kappa shape index (κ3) is 12.6. The Bertz CT molecular complexity index is 400. The lowest BCUT2D eigenvalue weighted by Crippen LogP contribution is -3.00. The lowest BCUT2D eigenvalue weighted by Gasteiger charge is -2.31. The van der Waals surface area contributed by atoms with Crippen molar-refractivity contribution in [3.8, 4) is 0 Å². The maximum Gasteiger partial charge on any atom is 0.229 e. The van der Waals surface area contributed by atoms with Crippen molar-refractivity contribution in [1.82, 2.24) is 4.90 Å². The van der Waals surface area contributed by atoms with Gasteiger partial charge in [0.05, 0.1) is 27.2 Å². The smallest absolute Gasteiger partial charge is 0.229 e. The van der Waals surface area contributed by atoms with Crippen LogP contribution in [0.15, 0.2) is 0 Å². The van der Waals surface area contributed by atoms with Crippen LogP contribution in [0.1, 0.15) is 83.5 Å². The zero-order chi connectivity index (χ0) is 19.3. The largest absolute Gasteiger partial charge is 1.00 e. The molecule has 0 spiro atoms. The van der Waals surface area contributed by atoms with Gasteiger partial charge in [-0.1, -0.05) is 38.5 Å². The molecule has 0 aromatic rings. The van der Waals surface area contributed by atoms with E-state index in [1.807, 2.05) is 0 Å². The average Bonchev–Trinajstić information content (AvgIpc) is 2.59. The Kier molecular flexibility index (Phi) is 15.2. The van der Waals surface area contributed by atoms with E-state index in [1.165, 1.54) is 56.4 Å². The maximum absolute atomic E-state index is 11.8. The van der Waals surface area contributed by atoms with Crippen LogP contribution in [-0.2, 0) is 9.59 Å². The van der Waals surface area contributed by atoms with Crippen LogP contribution in [0.2, 0.25) is 0 Å². The number of halogens is 1. The maximum atomic E-state index is 11.8. The first-order valence-electron chi connectivity index (χ1n) is 10.7. The normalized spacial score (nSPS) is 15.1. The Labute approximate surface area is 176 Å². The van der Waals surface area contributed by atoms with Crippen LogP contribution >= 0.6 is 0 Å². The summed E-state index contributed by atoms with van der Waals surface area (Å²) in [6.07, 6.45) is 13.9. The summed E-state index contributed by atoms with van der Waals surface area (Å²) in [5.74, 6) is 0.0332. The van der Waals surface area contributed by atoms with E-state index < -0.39 is 0 Å². The zero-order valence-electron chi connectivity index (χ0n) is 17.6. The molecular formula is C21H41BrN2O3. The summed E-state index contributed by atoms with van der Waals surface area (Å²) >= 11 is 0. The van der Waals surface area contributed by atoms with Crippen molar-refractivity contribution in [3.63, 3.8) is 0 Å². The molecule has 0 radical (unpaired) electrons. The number of piperidine rings is 1. The molecule has 5 nitrogen and oxygen atoms in total. The van der Waals surface area contributed by atoms with Crippen molar-refractivity contribution >= 4 is 11.8 Å². The second kappa shape index (κ2) is 15.5. The molecule has 2 amide bonds. The van der Waals surface area contributed by atoms with Crippen LogP contribution in [0, 0.1) is 0 Å². The van der Waals surface area contributed by atoms with Gasteiger partial charge in [-0.2, -0.15) is 0 Å². The topological polar surface area (TPSA) is 57.6 Å². The minimum atomic E-state index is 0. The lowest BCUT2D eigenvalue weighted by molar-refractivity contribution is -0.890. The van der Waals surface area contributed by atoms with Crippen LogP contribution < -0.4 is 17.0 Å². The highest BCUT2D eigenvalue weighted by Gasteiger charge is 2.26. The van der Waals surface area contributed by atoms with Crippen molar-refractivity contribution in [3.05, 3.63) is 0 Å². The van der Waals surface area contributed by atoms with Crippen LogP contribution in [0.3, 0.4) is 0 Å². The van der Waals surface area contributed by atoms with Gasteiger partial charge in [0.15, 0.2) is 0 Å². The van der Waals surface area contributed by atoms with Gasteiger partial charge in [-0.15, -0.1) is 0 Å². The number of carbonyl (C=O) groups excluding carboxylic acids is 2. The standard InChI is InChI=1S/C21H41N2O3.BrH/c1-23(2,17-10-8-6-4-3-5-7-9-11-19-24)18-13-16-22-20(25)14-12-15-21(22)26;/h24H,3-19H2,1-2H3;1H/q+1;/p-1. The highest BCUT2D eigenvalue weighted by Crippen LogP contribution is 2.14. The Morgan fingerprint density at radius 2 is 1.22 bits per heavy atom. The molecule has 0 aromatic carbocycles. The van der Waals surface area contributed by atoms with E-state index in [9.17, 15) is 9.59 Å². The summed E-state index contributed by atoms with van der Waals surface area (Å²) in [5.41, 5.74) is 0. The third-order valence-electron chi connectivity index (χ3n) is 5.45. The summed E-state index contributed by atoms with van der Waals surface area (Å²) in [7, 11) is 4.50. The average molecular weight is 449 g/mol. The van der Waals surface area contributed by atoms with Gasteiger partial charge < -0.3 is 26.6 Å². The molecule has 0 aromatic heterocycles. The number of aliphatic hydroxyl groups excluding tert-OH is 1. The van der Waals surface area contributed by atoms with Gasteiger partial charge in [0.25, 0.3) is 0 Å². The predicted molar refractivity (Wildman–Crippen MR) is 106 cm³/mol. The number of quaternary nitrogens is 1. The minimum absolute atomic E-state index is 0. The number of carbonyl (C=O) groups is 2. The Hall–Kier alpha value is -0.460. The molecule has 27 heavy (non-hydrogen) atoms. The molecule has 0 bridgehead atoms. The molecule has 0 unspecified atom stereocenters. The third-order valence-corrected chi connectivity index (χ3v) is 5.45. The molecule has 160 valence electrons. The van der Waals surface area contributed by atoms with Gasteiger partial charge in [0.2, 0.25) is 11.8 Å². The summed E-state index contributed by atoms with van der Waals surface area (Å²) in [5, 5.41) is 8.74. The van der Waals surface area contributed by atoms with Crippen molar-refractivity contribution in [2.24, 2.45) is 0 Å². The number of hydrogen-bond donors (Lipinski definition) is 1. The monoisotopic (exact) mass is 448 g/mol. The van der Waals surface area contributed by atoms with Gasteiger partial charge in [-0.25, -0.2) is 0 Å². The highest BCUT2D eigenvalue weighted by atomic mass is 79.9. The molecule has 0 saturated carbocycles. The van der Waals surface area contributed by atoms with Gasteiger partial charge in [0, 0.05) is 32.4 Å². The fourth-order valence-electron chi connectivity index (χ4n) is 3.71. The molecule has 6 heteroatoms. The number of rotatable bonds is 15. The first kappa shape index (κ1) is 26.5. The van der Waals surface area contributed by atoms with E-state index in [1.54, 1.807) is 0 Å². The molecule has 1 heterocycles. The highest BCUT2D eigenvalue weighted by molar-refractivity contribution is 5.97.